The molecule has 0 atom stereocenters. The van der Waals surface area contributed by atoms with Gasteiger partial charge in [0.25, 0.3) is 0 Å². The molecule has 0 bridgehead atoms. The molecular formula is C25H27FN2O6S. The minimum absolute atomic E-state index is 0.0745. The van der Waals surface area contributed by atoms with Crippen LogP contribution in [-0.4, -0.2) is 46.2 Å². The average Bonchev–Trinajstić information content (AvgIpc) is 2.83. The zero-order valence-corrected chi connectivity index (χ0v) is 20.3. The highest BCUT2D eigenvalue weighted by Gasteiger charge is 2.18. The summed E-state index contributed by atoms with van der Waals surface area (Å²) in [5.41, 5.74) is 1.25. The minimum Gasteiger partial charge on any atom is -0.494 e. The SMILES string of the molecule is CCOc1ccc(NC(=O)N(CCOC)Cc2cccc(OS(=O)(=O)c3ccc(F)cc3)c2)cc1. The van der Waals surface area contributed by atoms with E-state index in [2.05, 4.69) is 5.32 Å². The molecule has 0 aliphatic rings. The summed E-state index contributed by atoms with van der Waals surface area (Å²) in [6, 6.07) is 17.4. The van der Waals surface area contributed by atoms with Gasteiger partial charge in [0.1, 0.15) is 22.2 Å². The molecule has 3 aromatic rings. The number of ether oxygens (including phenoxy) is 2. The number of hydrogen-bond donors (Lipinski definition) is 1. The number of nitrogens with one attached hydrogen (secondary N) is 1. The number of hydrogen-bond acceptors (Lipinski definition) is 6. The van der Waals surface area contributed by atoms with Crippen molar-refractivity contribution in [2.45, 2.75) is 18.4 Å². The summed E-state index contributed by atoms with van der Waals surface area (Å²) in [5.74, 6) is 0.227. The van der Waals surface area contributed by atoms with Gasteiger partial charge in [-0.1, -0.05) is 12.1 Å². The van der Waals surface area contributed by atoms with Gasteiger partial charge in [-0.05, 0) is 73.2 Å². The highest BCUT2D eigenvalue weighted by atomic mass is 32.2. The van der Waals surface area contributed by atoms with E-state index in [0.717, 1.165) is 24.3 Å². The normalized spacial score (nSPS) is 11.1. The smallest absolute Gasteiger partial charge is 0.339 e. The summed E-state index contributed by atoms with van der Waals surface area (Å²) in [4.78, 5) is 14.3. The quantitative estimate of drug-likeness (QED) is 0.383. The summed E-state index contributed by atoms with van der Waals surface area (Å²) in [5, 5.41) is 2.84. The van der Waals surface area contributed by atoms with E-state index in [1.165, 1.54) is 24.1 Å². The Hall–Kier alpha value is -3.63. The number of carbonyl (C=O) groups is 1. The Morgan fingerprint density at radius 1 is 1.00 bits per heavy atom. The zero-order valence-electron chi connectivity index (χ0n) is 19.4. The molecule has 3 aromatic carbocycles. The van der Waals surface area contributed by atoms with E-state index in [1.807, 2.05) is 6.92 Å². The largest absolute Gasteiger partial charge is 0.494 e. The number of anilines is 1. The molecule has 10 heteroatoms. The van der Waals surface area contributed by atoms with E-state index in [9.17, 15) is 17.6 Å². The van der Waals surface area contributed by atoms with E-state index < -0.39 is 15.9 Å². The number of rotatable bonds is 11. The van der Waals surface area contributed by atoms with Crippen LogP contribution in [0.25, 0.3) is 0 Å². The topological polar surface area (TPSA) is 94.2 Å². The van der Waals surface area contributed by atoms with Gasteiger partial charge in [0.05, 0.1) is 13.2 Å². The van der Waals surface area contributed by atoms with E-state index >= 15 is 0 Å². The van der Waals surface area contributed by atoms with Crippen LogP contribution in [0.3, 0.4) is 0 Å². The van der Waals surface area contributed by atoms with Gasteiger partial charge in [0.15, 0.2) is 0 Å². The maximum absolute atomic E-state index is 13.1. The number of nitrogens with zero attached hydrogens (tertiary/aromatic N) is 1. The molecule has 0 fully saturated rings. The summed E-state index contributed by atoms with van der Waals surface area (Å²) in [6.07, 6.45) is 0. The van der Waals surface area contributed by atoms with E-state index in [4.69, 9.17) is 13.7 Å². The lowest BCUT2D eigenvalue weighted by molar-refractivity contribution is 0.153. The predicted octanol–water partition coefficient (Wildman–Crippen LogP) is 4.67. The summed E-state index contributed by atoms with van der Waals surface area (Å²) < 4.78 is 53.9. The first-order chi connectivity index (χ1) is 16.8. The molecule has 35 heavy (non-hydrogen) atoms. The molecule has 0 radical (unpaired) electrons. The second-order valence-electron chi connectivity index (χ2n) is 7.44. The molecule has 1 N–H and O–H groups in total. The molecule has 0 aliphatic carbocycles. The highest BCUT2D eigenvalue weighted by Crippen LogP contribution is 2.22. The standard InChI is InChI=1S/C25H27FN2O6S/c1-3-33-22-11-9-21(10-12-22)27-25(29)28(15-16-32-2)18-19-5-4-6-23(17-19)34-35(30,31)24-13-7-20(26)8-14-24/h4-14,17H,3,15-16,18H2,1-2H3,(H,27,29). The van der Waals surface area contributed by atoms with E-state index in [0.29, 0.717) is 36.8 Å². The van der Waals surface area contributed by atoms with E-state index in [1.54, 1.807) is 36.4 Å². The summed E-state index contributed by atoms with van der Waals surface area (Å²) in [7, 11) is -2.61. The highest BCUT2D eigenvalue weighted by molar-refractivity contribution is 7.87. The fourth-order valence-electron chi connectivity index (χ4n) is 3.15. The van der Waals surface area contributed by atoms with E-state index in [-0.39, 0.29) is 23.2 Å². The molecule has 0 heterocycles. The van der Waals surface area contributed by atoms with Crippen molar-refractivity contribution in [3.8, 4) is 11.5 Å². The van der Waals surface area contributed by atoms with Gasteiger partial charge in [0, 0.05) is 25.9 Å². The molecular weight excluding hydrogens is 475 g/mol. The number of benzene rings is 3. The van der Waals surface area contributed by atoms with Crippen LogP contribution >= 0.6 is 0 Å². The third-order valence-electron chi connectivity index (χ3n) is 4.85. The van der Waals surface area contributed by atoms with Crippen LogP contribution in [0.5, 0.6) is 11.5 Å². The lowest BCUT2D eigenvalue weighted by atomic mass is 10.2. The Labute approximate surface area is 204 Å². The number of carbonyl (C=O) groups excluding carboxylic acids is 1. The van der Waals surface area contributed by atoms with Crippen LogP contribution in [-0.2, 0) is 21.4 Å². The van der Waals surface area contributed by atoms with Gasteiger partial charge in [0.2, 0.25) is 0 Å². The van der Waals surface area contributed by atoms with Crippen LogP contribution < -0.4 is 14.2 Å². The molecule has 0 saturated heterocycles. The van der Waals surface area contributed by atoms with Crippen molar-refractivity contribution in [2.24, 2.45) is 0 Å². The average molecular weight is 503 g/mol. The Morgan fingerprint density at radius 3 is 2.37 bits per heavy atom. The molecule has 2 amide bonds. The second-order valence-corrected chi connectivity index (χ2v) is 8.99. The number of amides is 2. The molecule has 8 nitrogen and oxygen atoms in total. The monoisotopic (exact) mass is 502 g/mol. The molecule has 0 unspecified atom stereocenters. The van der Waals surface area contributed by atoms with Crippen molar-refractivity contribution in [1.82, 2.24) is 4.90 Å². The maximum Gasteiger partial charge on any atom is 0.339 e. The first kappa shape index (κ1) is 26.0. The van der Waals surface area contributed by atoms with Crippen LogP contribution in [0.15, 0.2) is 77.7 Å². The van der Waals surface area contributed by atoms with Gasteiger partial charge >= 0.3 is 16.1 Å². The predicted molar refractivity (Wildman–Crippen MR) is 130 cm³/mol. The number of methoxy groups -OCH3 is 1. The molecule has 0 spiro atoms. The van der Waals surface area contributed by atoms with Gasteiger partial charge in [-0.3, -0.25) is 0 Å². The number of urea groups is 1. The Bertz CT molecular complexity index is 1220. The molecule has 3 rings (SSSR count). The van der Waals surface area contributed by atoms with Gasteiger partial charge < -0.3 is 23.9 Å². The van der Waals surface area contributed by atoms with Crippen molar-refractivity contribution >= 4 is 21.8 Å². The first-order valence-corrected chi connectivity index (χ1v) is 12.3. The van der Waals surface area contributed by atoms with Gasteiger partial charge in [-0.2, -0.15) is 8.42 Å². The van der Waals surface area contributed by atoms with Gasteiger partial charge in [-0.25, -0.2) is 9.18 Å². The second kappa shape index (κ2) is 12.2. The first-order valence-electron chi connectivity index (χ1n) is 10.9. The van der Waals surface area contributed by atoms with Crippen molar-refractivity contribution < 1.29 is 31.3 Å². The lowest BCUT2D eigenvalue weighted by Gasteiger charge is -2.23. The van der Waals surface area contributed by atoms with Crippen molar-refractivity contribution in [2.75, 3.05) is 32.2 Å². The summed E-state index contributed by atoms with van der Waals surface area (Å²) in [6.45, 7) is 3.23. The Balaban J connectivity index is 1.71. The molecule has 0 aromatic heterocycles. The number of halogens is 1. The third-order valence-corrected chi connectivity index (χ3v) is 6.11. The summed E-state index contributed by atoms with van der Waals surface area (Å²) >= 11 is 0. The van der Waals surface area contributed by atoms with Crippen molar-refractivity contribution in [3.63, 3.8) is 0 Å². The molecule has 0 aliphatic heterocycles. The molecule has 186 valence electrons. The fourth-order valence-corrected chi connectivity index (χ4v) is 4.07. The fraction of sp³-hybridized carbons (Fsp3) is 0.240. The van der Waals surface area contributed by atoms with Crippen LogP contribution in [0.1, 0.15) is 12.5 Å². The lowest BCUT2D eigenvalue weighted by Crippen LogP contribution is -2.36. The van der Waals surface area contributed by atoms with Gasteiger partial charge in [-0.15, -0.1) is 0 Å². The van der Waals surface area contributed by atoms with Crippen molar-refractivity contribution in [1.29, 1.82) is 0 Å². The Morgan fingerprint density at radius 2 is 1.71 bits per heavy atom. The third kappa shape index (κ3) is 7.69. The Kier molecular flexibility index (Phi) is 9.04. The van der Waals surface area contributed by atoms with Crippen LogP contribution in [0.4, 0.5) is 14.9 Å². The zero-order chi connectivity index (χ0) is 25.3. The minimum atomic E-state index is -4.14. The molecule has 0 saturated carbocycles. The maximum atomic E-state index is 13.1. The van der Waals surface area contributed by atoms with Crippen LogP contribution in [0, 0.1) is 5.82 Å². The van der Waals surface area contributed by atoms with Crippen LogP contribution in [0.2, 0.25) is 0 Å². The van der Waals surface area contributed by atoms with Crippen molar-refractivity contribution in [3.05, 3.63) is 84.2 Å².